The molecule has 3 heterocycles. The molecule has 1 fully saturated rings. The van der Waals surface area contributed by atoms with E-state index in [0.717, 1.165) is 36.6 Å². The first-order valence-electron chi connectivity index (χ1n) is 9.74. The summed E-state index contributed by atoms with van der Waals surface area (Å²) >= 11 is 1.60. The lowest BCUT2D eigenvalue weighted by atomic mass is 10.2. The van der Waals surface area contributed by atoms with Gasteiger partial charge in [-0.05, 0) is 42.5 Å². The maximum absolute atomic E-state index is 13.4. The van der Waals surface area contributed by atoms with Gasteiger partial charge in [0.25, 0.3) is 0 Å². The first-order valence-corrected chi connectivity index (χ1v) is 10.6. The summed E-state index contributed by atoms with van der Waals surface area (Å²) in [5, 5.41) is 3.97. The van der Waals surface area contributed by atoms with Crippen molar-refractivity contribution in [3.8, 4) is 0 Å². The summed E-state index contributed by atoms with van der Waals surface area (Å²) in [5.41, 5.74) is 0.754. The van der Waals surface area contributed by atoms with Gasteiger partial charge >= 0.3 is 0 Å². The quantitative estimate of drug-likeness (QED) is 0.609. The minimum atomic E-state index is -0.271. The van der Waals surface area contributed by atoms with Crippen LogP contribution in [0, 0.1) is 5.82 Å². The molecule has 0 spiro atoms. The second-order valence-electron chi connectivity index (χ2n) is 7.25. The lowest BCUT2D eigenvalue weighted by Gasteiger charge is -2.16. The van der Waals surface area contributed by atoms with Crippen molar-refractivity contribution in [1.82, 2.24) is 19.9 Å². The molecule has 1 aromatic carbocycles. The van der Waals surface area contributed by atoms with Crippen LogP contribution < -0.4 is 10.2 Å². The Balaban J connectivity index is 1.62. The molecule has 4 rings (SSSR count). The molecule has 29 heavy (non-hydrogen) atoms. The number of benzene rings is 1. The molecule has 0 atom stereocenters. The summed E-state index contributed by atoms with van der Waals surface area (Å²) in [7, 11) is 0. The van der Waals surface area contributed by atoms with Crippen LogP contribution in [0.1, 0.15) is 48.9 Å². The average molecular weight is 411 g/mol. The van der Waals surface area contributed by atoms with Crippen LogP contribution in [0.5, 0.6) is 0 Å². The molecule has 0 aliphatic carbocycles. The Bertz CT molecular complexity index is 1010. The van der Waals surface area contributed by atoms with E-state index in [1.807, 2.05) is 12.3 Å². The normalized spacial score (nSPS) is 14.3. The highest BCUT2D eigenvalue weighted by molar-refractivity contribution is 7.15. The van der Waals surface area contributed by atoms with Crippen molar-refractivity contribution >= 4 is 40.5 Å². The Hall–Kier alpha value is -2.87. The van der Waals surface area contributed by atoms with Gasteiger partial charge in [0.05, 0.1) is 0 Å². The molecule has 1 N–H and O–H groups in total. The predicted molar refractivity (Wildman–Crippen MR) is 116 cm³/mol. The van der Waals surface area contributed by atoms with Crippen molar-refractivity contribution in [1.29, 1.82) is 0 Å². The fourth-order valence-electron chi connectivity index (χ4n) is 3.06. The van der Waals surface area contributed by atoms with Gasteiger partial charge in [-0.15, -0.1) is 11.3 Å². The summed E-state index contributed by atoms with van der Waals surface area (Å²) in [4.78, 5) is 21.5. The molecule has 1 aliphatic rings. The highest BCUT2D eigenvalue weighted by Crippen LogP contribution is 2.27. The third-order valence-electron chi connectivity index (χ3n) is 4.61. The summed E-state index contributed by atoms with van der Waals surface area (Å²) in [6.07, 6.45) is 7.73. The molecule has 0 bridgehead atoms. The number of halogens is 1. The molecule has 1 saturated heterocycles. The first-order chi connectivity index (χ1) is 14.1. The zero-order chi connectivity index (χ0) is 20.2. The van der Waals surface area contributed by atoms with E-state index >= 15 is 0 Å². The van der Waals surface area contributed by atoms with Gasteiger partial charge in [0.1, 0.15) is 5.82 Å². The number of aromatic nitrogens is 4. The third kappa shape index (κ3) is 4.95. The minimum absolute atomic E-state index is 0.271. The molecule has 0 radical (unpaired) electrons. The van der Waals surface area contributed by atoms with E-state index in [4.69, 9.17) is 0 Å². The minimum Gasteiger partial charge on any atom is -0.341 e. The number of anilines is 3. The van der Waals surface area contributed by atoms with Crippen LogP contribution in [0.25, 0.3) is 12.2 Å². The predicted octanol–water partition coefficient (Wildman–Crippen LogP) is 5.10. The molecule has 6 nitrogen and oxygen atoms in total. The van der Waals surface area contributed by atoms with E-state index in [9.17, 15) is 4.39 Å². The Labute approximate surface area is 173 Å². The number of thiazole rings is 1. The second-order valence-corrected chi connectivity index (χ2v) is 8.31. The molecule has 8 heteroatoms. The fraction of sp³-hybridized carbons (Fsp3) is 0.333. The van der Waals surface area contributed by atoms with Crippen LogP contribution in [0.3, 0.4) is 0 Å². The van der Waals surface area contributed by atoms with Gasteiger partial charge in [0.2, 0.25) is 11.9 Å². The van der Waals surface area contributed by atoms with Crippen LogP contribution in [0.2, 0.25) is 0 Å². The van der Waals surface area contributed by atoms with E-state index < -0.39 is 0 Å². The standard InChI is InChI=1S/C21H23FN6S/c1-14(2)17-13-23-21(29-17)27-19-24-18(9-8-15-6-5-7-16(22)12-15)25-20(26-19)28-10-3-4-11-28/h5-9,12-14H,3-4,10-11H2,1-2H3,(H,23,24,25,26,27). The van der Waals surface area contributed by atoms with Crippen molar-refractivity contribution in [3.05, 3.63) is 52.5 Å². The highest BCUT2D eigenvalue weighted by Gasteiger charge is 2.17. The topological polar surface area (TPSA) is 66.8 Å². The van der Waals surface area contributed by atoms with Crippen molar-refractivity contribution in [2.45, 2.75) is 32.6 Å². The summed E-state index contributed by atoms with van der Waals surface area (Å²) in [6.45, 7) is 6.15. The van der Waals surface area contributed by atoms with Crippen LogP contribution in [-0.4, -0.2) is 33.0 Å². The second kappa shape index (κ2) is 8.65. The molecule has 0 unspecified atom stereocenters. The number of hydrogen-bond donors (Lipinski definition) is 1. The molecular weight excluding hydrogens is 387 g/mol. The number of rotatable bonds is 6. The van der Waals surface area contributed by atoms with Gasteiger partial charge in [-0.3, -0.25) is 5.32 Å². The van der Waals surface area contributed by atoms with E-state index in [2.05, 4.69) is 44.0 Å². The zero-order valence-corrected chi connectivity index (χ0v) is 17.3. The monoisotopic (exact) mass is 410 g/mol. The lowest BCUT2D eigenvalue weighted by Crippen LogP contribution is -2.21. The van der Waals surface area contributed by atoms with Gasteiger partial charge in [0, 0.05) is 24.2 Å². The molecule has 150 valence electrons. The van der Waals surface area contributed by atoms with Crippen LogP contribution >= 0.6 is 11.3 Å². The molecule has 1 aliphatic heterocycles. The smallest absolute Gasteiger partial charge is 0.234 e. The maximum atomic E-state index is 13.4. The molecule has 0 amide bonds. The summed E-state index contributed by atoms with van der Waals surface area (Å²) in [6, 6.07) is 6.42. The fourth-order valence-corrected chi connectivity index (χ4v) is 3.87. The average Bonchev–Trinajstić information content (AvgIpc) is 3.38. The van der Waals surface area contributed by atoms with E-state index in [1.54, 1.807) is 29.6 Å². The van der Waals surface area contributed by atoms with Gasteiger partial charge in [0.15, 0.2) is 11.0 Å². The molecule has 3 aromatic rings. The maximum Gasteiger partial charge on any atom is 0.234 e. The lowest BCUT2D eigenvalue weighted by molar-refractivity contribution is 0.627. The third-order valence-corrected chi connectivity index (χ3v) is 5.83. The molecule has 2 aromatic heterocycles. The Morgan fingerprint density at radius 1 is 1.14 bits per heavy atom. The molecular formula is C21H23FN6S. The Morgan fingerprint density at radius 2 is 1.97 bits per heavy atom. The van der Waals surface area contributed by atoms with Crippen molar-refractivity contribution in [3.63, 3.8) is 0 Å². The zero-order valence-electron chi connectivity index (χ0n) is 16.5. The van der Waals surface area contributed by atoms with E-state index in [0.29, 0.717) is 23.6 Å². The first kappa shape index (κ1) is 19.4. The van der Waals surface area contributed by atoms with Gasteiger partial charge in [-0.25, -0.2) is 9.37 Å². The van der Waals surface area contributed by atoms with Crippen LogP contribution in [0.4, 0.5) is 21.4 Å². The largest absolute Gasteiger partial charge is 0.341 e. The summed E-state index contributed by atoms with van der Waals surface area (Å²) in [5.74, 6) is 1.79. The summed E-state index contributed by atoms with van der Waals surface area (Å²) < 4.78 is 13.4. The number of nitrogens with one attached hydrogen (secondary N) is 1. The Morgan fingerprint density at radius 3 is 2.69 bits per heavy atom. The van der Waals surface area contributed by atoms with Crippen LogP contribution in [-0.2, 0) is 0 Å². The van der Waals surface area contributed by atoms with Gasteiger partial charge < -0.3 is 4.90 Å². The van der Waals surface area contributed by atoms with Crippen molar-refractivity contribution < 1.29 is 4.39 Å². The van der Waals surface area contributed by atoms with Crippen molar-refractivity contribution in [2.24, 2.45) is 0 Å². The highest BCUT2D eigenvalue weighted by atomic mass is 32.1. The van der Waals surface area contributed by atoms with Crippen molar-refractivity contribution in [2.75, 3.05) is 23.3 Å². The van der Waals surface area contributed by atoms with E-state index in [1.165, 1.54) is 17.0 Å². The SMILES string of the molecule is CC(C)c1cnc(Nc2nc(C=Cc3cccc(F)c3)nc(N3CCCC3)n2)s1. The van der Waals surface area contributed by atoms with Gasteiger partial charge in [-0.2, -0.15) is 15.0 Å². The Kier molecular flexibility index (Phi) is 5.80. The van der Waals surface area contributed by atoms with Crippen LogP contribution in [0.15, 0.2) is 30.5 Å². The number of hydrogen-bond acceptors (Lipinski definition) is 7. The van der Waals surface area contributed by atoms with Gasteiger partial charge in [-0.1, -0.05) is 32.1 Å². The molecule has 0 saturated carbocycles. The number of nitrogens with zero attached hydrogens (tertiary/aromatic N) is 5. The van der Waals surface area contributed by atoms with E-state index in [-0.39, 0.29) is 5.82 Å².